The summed E-state index contributed by atoms with van der Waals surface area (Å²) in [6, 6.07) is -0.320. The molecule has 18 heavy (non-hydrogen) atoms. The van der Waals surface area contributed by atoms with Gasteiger partial charge in [0.05, 0.1) is 5.92 Å². The number of carbonyl (C=O) groups is 2. The van der Waals surface area contributed by atoms with Gasteiger partial charge in [0, 0.05) is 11.5 Å². The second-order valence-electron chi connectivity index (χ2n) is 6.12. The summed E-state index contributed by atoms with van der Waals surface area (Å²) in [5.41, 5.74) is -0.235. The predicted octanol–water partition coefficient (Wildman–Crippen LogP) is 2.43. The molecule has 0 radical (unpaired) electrons. The highest BCUT2D eigenvalue weighted by Crippen LogP contribution is 2.46. The number of hydrogen-bond donors (Lipinski definition) is 2. The van der Waals surface area contributed by atoms with Crippen molar-refractivity contribution in [3.63, 3.8) is 0 Å². The smallest absolute Gasteiger partial charge is 0.308 e. The highest BCUT2D eigenvalue weighted by Gasteiger charge is 2.44. The molecule has 2 unspecified atom stereocenters. The summed E-state index contributed by atoms with van der Waals surface area (Å²) in [6.45, 7) is 7.63. The van der Waals surface area contributed by atoms with Gasteiger partial charge >= 0.3 is 5.97 Å². The molecule has 0 heterocycles. The van der Waals surface area contributed by atoms with Crippen LogP contribution in [-0.2, 0) is 9.59 Å². The summed E-state index contributed by atoms with van der Waals surface area (Å²) < 4.78 is 0. The minimum absolute atomic E-state index is 0.0445. The standard InChI is InChI=1S/C14H25NO3/c1-9(2)8-14(6-5-7-14)13(18)15-11(4)10(3)12(16)17/h9-11H,5-8H2,1-4H3,(H,15,18)(H,16,17). The summed E-state index contributed by atoms with van der Waals surface area (Å²) in [6.07, 6.45) is 3.87. The van der Waals surface area contributed by atoms with E-state index in [0.717, 1.165) is 25.7 Å². The molecule has 1 fully saturated rings. The molecule has 1 aliphatic rings. The number of amides is 1. The van der Waals surface area contributed by atoms with Gasteiger partial charge in [0.2, 0.25) is 5.91 Å². The molecule has 0 spiro atoms. The maximum absolute atomic E-state index is 12.3. The SMILES string of the molecule is CC(C)CC1(C(=O)NC(C)C(C)C(=O)O)CCC1. The molecule has 2 atom stereocenters. The van der Waals surface area contributed by atoms with E-state index >= 15 is 0 Å². The zero-order chi connectivity index (χ0) is 13.9. The van der Waals surface area contributed by atoms with Crippen molar-refractivity contribution in [1.29, 1.82) is 0 Å². The number of carbonyl (C=O) groups excluding carboxylic acids is 1. The van der Waals surface area contributed by atoms with Crippen molar-refractivity contribution in [3.8, 4) is 0 Å². The van der Waals surface area contributed by atoms with E-state index in [-0.39, 0.29) is 17.4 Å². The Labute approximate surface area is 109 Å². The topological polar surface area (TPSA) is 66.4 Å². The molecule has 1 aliphatic carbocycles. The molecule has 2 N–H and O–H groups in total. The van der Waals surface area contributed by atoms with Crippen LogP contribution in [-0.4, -0.2) is 23.0 Å². The molecule has 4 heteroatoms. The van der Waals surface area contributed by atoms with Crippen LogP contribution in [0.2, 0.25) is 0 Å². The first-order chi connectivity index (χ1) is 8.28. The van der Waals surface area contributed by atoms with Gasteiger partial charge in [-0.05, 0) is 39.0 Å². The van der Waals surface area contributed by atoms with Crippen LogP contribution < -0.4 is 5.32 Å². The quantitative estimate of drug-likeness (QED) is 0.766. The first-order valence-corrected chi connectivity index (χ1v) is 6.82. The monoisotopic (exact) mass is 255 g/mol. The average Bonchev–Trinajstić information content (AvgIpc) is 2.21. The van der Waals surface area contributed by atoms with Crippen molar-refractivity contribution in [3.05, 3.63) is 0 Å². The molecule has 0 aliphatic heterocycles. The third-order valence-electron chi connectivity index (χ3n) is 4.09. The molecular formula is C14H25NO3. The molecule has 1 amide bonds. The summed E-state index contributed by atoms with van der Waals surface area (Å²) in [4.78, 5) is 23.2. The number of nitrogens with one attached hydrogen (secondary N) is 1. The molecule has 4 nitrogen and oxygen atoms in total. The molecule has 104 valence electrons. The molecule has 1 saturated carbocycles. The fourth-order valence-electron chi connectivity index (χ4n) is 2.61. The van der Waals surface area contributed by atoms with E-state index in [9.17, 15) is 9.59 Å². The zero-order valence-electron chi connectivity index (χ0n) is 11.8. The lowest BCUT2D eigenvalue weighted by atomic mass is 9.64. The van der Waals surface area contributed by atoms with E-state index in [4.69, 9.17) is 5.11 Å². The van der Waals surface area contributed by atoms with Crippen LogP contribution in [0, 0.1) is 17.3 Å². The molecule has 0 aromatic carbocycles. The van der Waals surface area contributed by atoms with Gasteiger partial charge in [-0.1, -0.05) is 20.3 Å². The van der Waals surface area contributed by atoms with Gasteiger partial charge in [-0.2, -0.15) is 0 Å². The summed E-state index contributed by atoms with van der Waals surface area (Å²) in [5.74, 6) is -0.884. The van der Waals surface area contributed by atoms with Crippen molar-refractivity contribution in [2.45, 2.75) is 59.4 Å². The van der Waals surface area contributed by atoms with Crippen molar-refractivity contribution in [1.82, 2.24) is 5.32 Å². The van der Waals surface area contributed by atoms with E-state index in [1.54, 1.807) is 13.8 Å². The largest absolute Gasteiger partial charge is 0.481 e. The zero-order valence-corrected chi connectivity index (χ0v) is 11.8. The lowest BCUT2D eigenvalue weighted by molar-refractivity contribution is -0.143. The molecule has 0 bridgehead atoms. The van der Waals surface area contributed by atoms with Crippen LogP contribution in [0.4, 0.5) is 0 Å². The Morgan fingerprint density at radius 1 is 1.22 bits per heavy atom. The predicted molar refractivity (Wildman–Crippen MR) is 70.1 cm³/mol. The van der Waals surface area contributed by atoms with Crippen LogP contribution in [0.3, 0.4) is 0 Å². The maximum Gasteiger partial charge on any atom is 0.308 e. The summed E-state index contributed by atoms with van der Waals surface area (Å²) in [7, 11) is 0. The Morgan fingerprint density at radius 2 is 1.78 bits per heavy atom. The molecule has 0 aromatic heterocycles. The van der Waals surface area contributed by atoms with E-state index in [2.05, 4.69) is 19.2 Å². The van der Waals surface area contributed by atoms with Gasteiger partial charge in [0.1, 0.15) is 0 Å². The molecule has 0 aromatic rings. The third kappa shape index (κ3) is 3.24. The summed E-state index contributed by atoms with van der Waals surface area (Å²) in [5, 5.41) is 11.8. The first kappa shape index (κ1) is 15.0. The number of carboxylic acids is 1. The van der Waals surface area contributed by atoms with Gasteiger partial charge < -0.3 is 10.4 Å². The van der Waals surface area contributed by atoms with Gasteiger partial charge in [0.15, 0.2) is 0 Å². The van der Waals surface area contributed by atoms with Crippen molar-refractivity contribution in [2.75, 3.05) is 0 Å². The number of rotatable bonds is 6. The Kier molecular flexibility index (Phi) is 4.77. The highest BCUT2D eigenvalue weighted by atomic mass is 16.4. The van der Waals surface area contributed by atoms with Gasteiger partial charge in [-0.15, -0.1) is 0 Å². The Balaban J connectivity index is 2.60. The van der Waals surface area contributed by atoms with Crippen LogP contribution >= 0.6 is 0 Å². The van der Waals surface area contributed by atoms with E-state index in [1.807, 2.05) is 0 Å². The number of hydrogen-bond acceptors (Lipinski definition) is 2. The van der Waals surface area contributed by atoms with Gasteiger partial charge in [-0.25, -0.2) is 0 Å². The minimum atomic E-state index is -0.866. The highest BCUT2D eigenvalue weighted by molar-refractivity contribution is 5.84. The Hall–Kier alpha value is -1.06. The fourth-order valence-corrected chi connectivity index (χ4v) is 2.61. The second kappa shape index (κ2) is 5.72. The van der Waals surface area contributed by atoms with Crippen LogP contribution in [0.5, 0.6) is 0 Å². The number of carboxylic acid groups (broad SMARTS) is 1. The van der Waals surface area contributed by atoms with E-state index < -0.39 is 11.9 Å². The van der Waals surface area contributed by atoms with Crippen LogP contribution in [0.15, 0.2) is 0 Å². The third-order valence-corrected chi connectivity index (χ3v) is 4.09. The average molecular weight is 255 g/mol. The lowest BCUT2D eigenvalue weighted by Gasteiger charge is -2.42. The van der Waals surface area contributed by atoms with E-state index in [1.165, 1.54) is 0 Å². The van der Waals surface area contributed by atoms with Crippen molar-refractivity contribution >= 4 is 11.9 Å². The fraction of sp³-hybridized carbons (Fsp3) is 0.857. The Bertz CT molecular complexity index is 321. The van der Waals surface area contributed by atoms with Crippen LogP contribution in [0.25, 0.3) is 0 Å². The molecule has 0 saturated heterocycles. The first-order valence-electron chi connectivity index (χ1n) is 6.82. The normalized spacial score (nSPS) is 20.9. The lowest BCUT2D eigenvalue weighted by Crippen LogP contribution is -2.51. The van der Waals surface area contributed by atoms with Gasteiger partial charge in [-0.3, -0.25) is 9.59 Å². The van der Waals surface area contributed by atoms with E-state index in [0.29, 0.717) is 5.92 Å². The van der Waals surface area contributed by atoms with Crippen molar-refractivity contribution in [2.24, 2.45) is 17.3 Å². The van der Waals surface area contributed by atoms with Gasteiger partial charge in [0.25, 0.3) is 0 Å². The molecular weight excluding hydrogens is 230 g/mol. The molecule has 1 rings (SSSR count). The minimum Gasteiger partial charge on any atom is -0.481 e. The van der Waals surface area contributed by atoms with Crippen LogP contribution in [0.1, 0.15) is 53.4 Å². The summed E-state index contributed by atoms with van der Waals surface area (Å²) >= 11 is 0. The Morgan fingerprint density at radius 3 is 2.11 bits per heavy atom. The maximum atomic E-state index is 12.3. The van der Waals surface area contributed by atoms with Crippen molar-refractivity contribution < 1.29 is 14.7 Å². The number of aliphatic carboxylic acids is 1. The second-order valence-corrected chi connectivity index (χ2v) is 6.12.